The van der Waals surface area contributed by atoms with Crippen molar-refractivity contribution >= 4 is 17.6 Å². The van der Waals surface area contributed by atoms with Crippen molar-refractivity contribution in [2.75, 3.05) is 13.6 Å². The molecule has 5 heteroatoms. The number of halogens is 1. The average molecular weight is 243 g/mol. The molecular weight excluding hydrogens is 228 g/mol. The van der Waals surface area contributed by atoms with Crippen molar-refractivity contribution in [3.63, 3.8) is 0 Å². The molecule has 0 fully saturated rings. The summed E-state index contributed by atoms with van der Waals surface area (Å²) in [5.74, 6) is 0.732. The molecule has 0 aliphatic rings. The second-order valence-corrected chi connectivity index (χ2v) is 3.78. The summed E-state index contributed by atoms with van der Waals surface area (Å²) in [6.07, 6.45) is -0.0986. The molecule has 4 nitrogen and oxygen atoms in total. The topological polar surface area (TPSA) is 50.4 Å². The Morgan fingerprint density at radius 3 is 2.62 bits per heavy atom. The van der Waals surface area contributed by atoms with Crippen LogP contribution in [0.25, 0.3) is 0 Å². The predicted octanol–water partition coefficient (Wildman–Crippen LogP) is 2.04. The zero-order valence-corrected chi connectivity index (χ0v) is 10.0. The molecule has 2 N–H and O–H groups in total. The van der Waals surface area contributed by atoms with E-state index >= 15 is 0 Å². The van der Waals surface area contributed by atoms with Gasteiger partial charge in [0.15, 0.2) is 0 Å². The number of urea groups is 1. The lowest BCUT2D eigenvalue weighted by molar-refractivity contribution is 0.208. The van der Waals surface area contributed by atoms with Crippen LogP contribution >= 0.6 is 11.6 Å². The molecule has 0 aliphatic heterocycles. The average Bonchev–Trinajstić information content (AvgIpc) is 2.29. The minimum Gasteiger partial charge on any atom is -0.489 e. The van der Waals surface area contributed by atoms with Gasteiger partial charge >= 0.3 is 6.03 Å². The number of rotatable bonds is 4. The summed E-state index contributed by atoms with van der Waals surface area (Å²) in [5.41, 5.74) is 0. The van der Waals surface area contributed by atoms with Gasteiger partial charge in [-0.15, -0.1) is 0 Å². The van der Waals surface area contributed by atoms with Gasteiger partial charge in [-0.2, -0.15) is 0 Å². The minimum atomic E-state index is -0.216. The summed E-state index contributed by atoms with van der Waals surface area (Å²) in [6.45, 7) is 2.33. The third-order valence-corrected chi connectivity index (χ3v) is 2.18. The lowest BCUT2D eigenvalue weighted by atomic mass is 10.3. The lowest BCUT2D eigenvalue weighted by Crippen LogP contribution is -2.38. The van der Waals surface area contributed by atoms with Crippen LogP contribution < -0.4 is 15.4 Å². The molecule has 16 heavy (non-hydrogen) atoms. The minimum absolute atomic E-state index is 0.0986. The van der Waals surface area contributed by atoms with E-state index in [4.69, 9.17) is 16.3 Å². The number of carbonyl (C=O) groups excluding carboxylic acids is 1. The maximum absolute atomic E-state index is 10.9. The Hall–Kier alpha value is -1.42. The Morgan fingerprint density at radius 2 is 2.06 bits per heavy atom. The largest absolute Gasteiger partial charge is 0.489 e. The third-order valence-electron chi connectivity index (χ3n) is 1.93. The van der Waals surface area contributed by atoms with Crippen LogP contribution in [0, 0.1) is 0 Å². The second-order valence-electron chi connectivity index (χ2n) is 3.34. The maximum Gasteiger partial charge on any atom is 0.314 e. The first-order chi connectivity index (χ1) is 7.61. The van der Waals surface area contributed by atoms with Crippen LogP contribution in [0.4, 0.5) is 4.79 Å². The molecule has 1 atom stereocenters. The number of hydrogen-bond donors (Lipinski definition) is 2. The zero-order chi connectivity index (χ0) is 12.0. The maximum atomic E-state index is 10.9. The van der Waals surface area contributed by atoms with E-state index in [0.717, 1.165) is 5.75 Å². The molecule has 1 aromatic carbocycles. The third kappa shape index (κ3) is 4.40. The molecule has 0 unspecified atom stereocenters. The highest BCUT2D eigenvalue weighted by Crippen LogP contribution is 2.16. The van der Waals surface area contributed by atoms with Gasteiger partial charge in [-0.05, 0) is 31.2 Å². The Morgan fingerprint density at radius 1 is 1.44 bits per heavy atom. The molecule has 88 valence electrons. The molecule has 0 spiro atoms. The molecule has 2 amide bonds. The van der Waals surface area contributed by atoms with Gasteiger partial charge in [-0.3, -0.25) is 0 Å². The van der Waals surface area contributed by atoms with E-state index in [2.05, 4.69) is 10.6 Å². The highest BCUT2D eigenvalue weighted by atomic mass is 35.5. The van der Waals surface area contributed by atoms with Gasteiger partial charge < -0.3 is 15.4 Å². The Labute approximate surface area is 99.9 Å². The van der Waals surface area contributed by atoms with Crippen molar-refractivity contribution in [1.82, 2.24) is 10.6 Å². The molecule has 1 aromatic rings. The Balaban J connectivity index is 2.36. The molecule has 0 heterocycles. The first-order valence-corrected chi connectivity index (χ1v) is 5.37. The summed E-state index contributed by atoms with van der Waals surface area (Å²) >= 11 is 5.75. The van der Waals surface area contributed by atoms with E-state index in [0.29, 0.717) is 11.6 Å². The molecule has 0 bridgehead atoms. The molecular formula is C11H15ClN2O2. The Kier molecular flexibility index (Phi) is 4.92. The normalized spacial score (nSPS) is 11.7. The molecule has 0 aliphatic carbocycles. The zero-order valence-electron chi connectivity index (χ0n) is 9.29. The van der Waals surface area contributed by atoms with Gasteiger partial charge in [0, 0.05) is 12.1 Å². The number of ether oxygens (including phenoxy) is 1. The summed E-state index contributed by atoms with van der Waals surface area (Å²) in [4.78, 5) is 10.9. The van der Waals surface area contributed by atoms with E-state index in [9.17, 15) is 4.79 Å². The first kappa shape index (κ1) is 12.6. The summed E-state index contributed by atoms with van der Waals surface area (Å²) in [5, 5.41) is 5.80. The van der Waals surface area contributed by atoms with Crippen molar-refractivity contribution in [2.45, 2.75) is 13.0 Å². The number of amides is 2. The van der Waals surface area contributed by atoms with E-state index in [1.807, 2.05) is 6.92 Å². The standard InChI is InChI=1S/C11H15ClN2O2/c1-8(7-14-11(15)13-2)16-10-5-3-9(12)4-6-10/h3-6,8H,7H2,1-2H3,(H2,13,14,15)/t8-/m1/s1. The summed E-state index contributed by atoms with van der Waals surface area (Å²) in [6, 6.07) is 6.88. The van der Waals surface area contributed by atoms with Crippen LogP contribution in [-0.4, -0.2) is 25.7 Å². The van der Waals surface area contributed by atoms with Crippen LogP contribution in [0.3, 0.4) is 0 Å². The van der Waals surface area contributed by atoms with Crippen molar-refractivity contribution in [3.8, 4) is 5.75 Å². The number of carbonyl (C=O) groups is 1. The summed E-state index contributed by atoms with van der Waals surface area (Å²) in [7, 11) is 1.57. The van der Waals surface area contributed by atoms with Crippen LogP contribution in [0.1, 0.15) is 6.92 Å². The Bertz CT molecular complexity index is 340. The van der Waals surface area contributed by atoms with Crippen molar-refractivity contribution < 1.29 is 9.53 Å². The van der Waals surface area contributed by atoms with Crippen LogP contribution in [0.2, 0.25) is 5.02 Å². The fraction of sp³-hybridized carbons (Fsp3) is 0.364. The van der Waals surface area contributed by atoms with Crippen LogP contribution in [0.5, 0.6) is 5.75 Å². The van der Waals surface area contributed by atoms with Gasteiger partial charge in [-0.25, -0.2) is 4.79 Å². The van der Waals surface area contributed by atoms with E-state index in [1.165, 1.54) is 0 Å². The highest BCUT2D eigenvalue weighted by molar-refractivity contribution is 6.30. The highest BCUT2D eigenvalue weighted by Gasteiger charge is 2.05. The fourth-order valence-electron chi connectivity index (χ4n) is 1.11. The van der Waals surface area contributed by atoms with Gasteiger partial charge in [0.2, 0.25) is 0 Å². The van der Waals surface area contributed by atoms with Crippen molar-refractivity contribution in [1.29, 1.82) is 0 Å². The van der Waals surface area contributed by atoms with Gasteiger partial charge in [0.25, 0.3) is 0 Å². The monoisotopic (exact) mass is 242 g/mol. The summed E-state index contributed by atoms with van der Waals surface area (Å²) < 4.78 is 5.56. The quantitative estimate of drug-likeness (QED) is 0.849. The van der Waals surface area contributed by atoms with Crippen molar-refractivity contribution in [3.05, 3.63) is 29.3 Å². The number of hydrogen-bond acceptors (Lipinski definition) is 2. The first-order valence-electron chi connectivity index (χ1n) is 4.99. The molecule has 0 saturated carbocycles. The van der Waals surface area contributed by atoms with E-state index in [-0.39, 0.29) is 12.1 Å². The van der Waals surface area contributed by atoms with Gasteiger partial charge in [0.05, 0.1) is 6.54 Å². The predicted molar refractivity (Wildman–Crippen MR) is 64.0 cm³/mol. The smallest absolute Gasteiger partial charge is 0.314 e. The van der Waals surface area contributed by atoms with Crippen LogP contribution in [-0.2, 0) is 0 Å². The SMILES string of the molecule is CNC(=O)NC[C@@H](C)Oc1ccc(Cl)cc1. The molecule has 0 saturated heterocycles. The van der Waals surface area contributed by atoms with Crippen LogP contribution in [0.15, 0.2) is 24.3 Å². The van der Waals surface area contributed by atoms with E-state index < -0.39 is 0 Å². The lowest BCUT2D eigenvalue weighted by Gasteiger charge is -2.15. The number of benzene rings is 1. The molecule has 0 radical (unpaired) electrons. The van der Waals surface area contributed by atoms with Crippen molar-refractivity contribution in [2.24, 2.45) is 0 Å². The van der Waals surface area contributed by atoms with Gasteiger partial charge in [0.1, 0.15) is 11.9 Å². The van der Waals surface area contributed by atoms with Gasteiger partial charge in [-0.1, -0.05) is 11.6 Å². The molecule has 1 rings (SSSR count). The second kappa shape index (κ2) is 6.23. The fourth-order valence-corrected chi connectivity index (χ4v) is 1.24. The number of nitrogens with one attached hydrogen (secondary N) is 2. The van der Waals surface area contributed by atoms with E-state index in [1.54, 1.807) is 31.3 Å². The molecule has 0 aromatic heterocycles.